The fourth-order valence-corrected chi connectivity index (χ4v) is 1.98. The van der Waals surface area contributed by atoms with Crippen LogP contribution in [0.1, 0.15) is 12.8 Å². The lowest BCUT2D eigenvalue weighted by atomic mass is 10.0. The molecular formula is C7H12N2O2. The highest BCUT2D eigenvalue weighted by Crippen LogP contribution is 2.22. The molecule has 2 unspecified atom stereocenters. The topological polar surface area (TPSA) is 52.6 Å². The molecule has 4 heteroatoms. The molecule has 0 aliphatic carbocycles. The molecular weight excluding hydrogens is 144 g/mol. The van der Waals surface area contributed by atoms with E-state index in [4.69, 9.17) is 5.11 Å². The van der Waals surface area contributed by atoms with Gasteiger partial charge in [0, 0.05) is 25.2 Å². The largest absolute Gasteiger partial charge is 0.465 e. The predicted molar refractivity (Wildman–Crippen MR) is 39.5 cm³/mol. The first-order valence-electron chi connectivity index (χ1n) is 4.00. The van der Waals surface area contributed by atoms with Crippen LogP contribution in [0.4, 0.5) is 4.79 Å². The monoisotopic (exact) mass is 156 g/mol. The van der Waals surface area contributed by atoms with Crippen LogP contribution in [0, 0.1) is 0 Å². The van der Waals surface area contributed by atoms with Gasteiger partial charge in [-0.25, -0.2) is 4.79 Å². The molecule has 2 atom stereocenters. The Kier molecular flexibility index (Phi) is 1.49. The molecule has 0 radical (unpaired) electrons. The van der Waals surface area contributed by atoms with Gasteiger partial charge in [0.2, 0.25) is 0 Å². The summed E-state index contributed by atoms with van der Waals surface area (Å²) >= 11 is 0. The molecule has 0 spiro atoms. The lowest BCUT2D eigenvalue weighted by Crippen LogP contribution is -2.43. The molecule has 4 nitrogen and oxygen atoms in total. The quantitative estimate of drug-likeness (QED) is 0.523. The molecule has 0 saturated carbocycles. The summed E-state index contributed by atoms with van der Waals surface area (Å²) in [5, 5.41) is 12.1. The summed E-state index contributed by atoms with van der Waals surface area (Å²) in [5.41, 5.74) is 0. The molecule has 2 N–H and O–H groups in total. The summed E-state index contributed by atoms with van der Waals surface area (Å²) in [6.07, 6.45) is 1.21. The molecule has 11 heavy (non-hydrogen) atoms. The molecule has 2 aliphatic heterocycles. The first kappa shape index (κ1) is 6.91. The highest BCUT2D eigenvalue weighted by Gasteiger charge is 2.35. The Hall–Kier alpha value is -0.770. The Morgan fingerprint density at radius 2 is 2.45 bits per heavy atom. The third-order valence-corrected chi connectivity index (χ3v) is 2.60. The van der Waals surface area contributed by atoms with Gasteiger partial charge in [0.05, 0.1) is 0 Å². The summed E-state index contributed by atoms with van der Waals surface area (Å²) in [6.45, 7) is 1.55. The Labute approximate surface area is 65.2 Å². The number of likely N-dealkylation sites (tertiary alicyclic amines) is 1. The van der Waals surface area contributed by atoms with Gasteiger partial charge in [-0.1, -0.05) is 0 Å². The van der Waals surface area contributed by atoms with E-state index in [0.29, 0.717) is 12.6 Å². The molecule has 2 fully saturated rings. The maximum absolute atomic E-state index is 10.6. The van der Waals surface area contributed by atoms with Crippen LogP contribution in [0.25, 0.3) is 0 Å². The number of nitrogens with one attached hydrogen (secondary N) is 1. The van der Waals surface area contributed by atoms with Gasteiger partial charge < -0.3 is 15.3 Å². The van der Waals surface area contributed by atoms with E-state index in [-0.39, 0.29) is 6.04 Å². The number of hydrogen-bond donors (Lipinski definition) is 2. The van der Waals surface area contributed by atoms with E-state index in [9.17, 15) is 4.79 Å². The smallest absolute Gasteiger partial charge is 0.407 e. The van der Waals surface area contributed by atoms with E-state index < -0.39 is 6.09 Å². The van der Waals surface area contributed by atoms with Gasteiger partial charge in [-0.2, -0.15) is 0 Å². The number of rotatable bonds is 0. The summed E-state index contributed by atoms with van der Waals surface area (Å²) < 4.78 is 0. The Morgan fingerprint density at radius 1 is 1.64 bits per heavy atom. The molecule has 62 valence electrons. The van der Waals surface area contributed by atoms with Gasteiger partial charge in [-0.05, 0) is 12.8 Å². The first-order valence-corrected chi connectivity index (χ1v) is 4.00. The molecule has 0 aromatic rings. The van der Waals surface area contributed by atoms with Crippen LogP contribution in [0.5, 0.6) is 0 Å². The van der Waals surface area contributed by atoms with Crippen molar-refractivity contribution in [1.29, 1.82) is 0 Å². The SMILES string of the molecule is O=C(O)N1CCC2CC1CN2. The van der Waals surface area contributed by atoms with Crippen LogP contribution in [0.15, 0.2) is 0 Å². The Morgan fingerprint density at radius 3 is 3.18 bits per heavy atom. The minimum Gasteiger partial charge on any atom is -0.465 e. The van der Waals surface area contributed by atoms with Gasteiger partial charge in [0.15, 0.2) is 0 Å². The minimum absolute atomic E-state index is 0.242. The van der Waals surface area contributed by atoms with Crippen molar-refractivity contribution in [2.75, 3.05) is 13.1 Å². The van der Waals surface area contributed by atoms with Gasteiger partial charge >= 0.3 is 6.09 Å². The molecule has 1 amide bonds. The van der Waals surface area contributed by atoms with Crippen LogP contribution < -0.4 is 5.32 Å². The first-order chi connectivity index (χ1) is 5.27. The van der Waals surface area contributed by atoms with Crippen molar-refractivity contribution in [3.05, 3.63) is 0 Å². The van der Waals surface area contributed by atoms with Gasteiger partial charge in [0.1, 0.15) is 0 Å². The lowest BCUT2D eigenvalue weighted by Gasteiger charge is -2.29. The number of carboxylic acid groups (broad SMARTS) is 1. The van der Waals surface area contributed by atoms with Gasteiger partial charge in [-0.3, -0.25) is 0 Å². The second-order valence-corrected chi connectivity index (χ2v) is 3.26. The standard InChI is InChI=1S/C7H12N2O2/c10-7(11)9-2-1-5-3-6(9)4-8-5/h5-6,8H,1-4H2,(H,10,11). The molecule has 2 heterocycles. The Bertz CT molecular complexity index is 183. The number of fused-ring (bicyclic) bond motifs is 2. The Balaban J connectivity index is 2.07. The molecule has 2 aliphatic rings. The van der Waals surface area contributed by atoms with Crippen molar-refractivity contribution < 1.29 is 9.90 Å². The van der Waals surface area contributed by atoms with Crippen molar-refractivity contribution in [1.82, 2.24) is 10.2 Å². The molecule has 2 bridgehead atoms. The zero-order chi connectivity index (χ0) is 7.84. The van der Waals surface area contributed by atoms with Crippen LogP contribution in [0.2, 0.25) is 0 Å². The van der Waals surface area contributed by atoms with Gasteiger partial charge in [0.25, 0.3) is 0 Å². The minimum atomic E-state index is -0.767. The third-order valence-electron chi connectivity index (χ3n) is 2.60. The van der Waals surface area contributed by atoms with E-state index >= 15 is 0 Å². The van der Waals surface area contributed by atoms with E-state index in [1.54, 1.807) is 4.90 Å². The summed E-state index contributed by atoms with van der Waals surface area (Å²) in [7, 11) is 0. The highest BCUT2D eigenvalue weighted by molar-refractivity contribution is 5.65. The number of hydrogen-bond acceptors (Lipinski definition) is 2. The zero-order valence-electron chi connectivity index (χ0n) is 6.29. The zero-order valence-corrected chi connectivity index (χ0v) is 6.29. The maximum atomic E-state index is 10.6. The van der Waals surface area contributed by atoms with Gasteiger partial charge in [-0.15, -0.1) is 0 Å². The number of piperidine rings is 1. The summed E-state index contributed by atoms with van der Waals surface area (Å²) in [5.74, 6) is 0. The second-order valence-electron chi connectivity index (χ2n) is 3.26. The van der Waals surface area contributed by atoms with Crippen molar-refractivity contribution in [2.24, 2.45) is 0 Å². The van der Waals surface area contributed by atoms with E-state index in [1.165, 1.54) is 0 Å². The predicted octanol–water partition coefficient (Wildman–Crippen LogP) is 0.101. The van der Waals surface area contributed by atoms with E-state index in [0.717, 1.165) is 19.4 Å². The second kappa shape index (κ2) is 2.37. The average molecular weight is 156 g/mol. The lowest BCUT2D eigenvalue weighted by molar-refractivity contribution is 0.118. The molecule has 2 rings (SSSR count). The number of nitrogens with zero attached hydrogens (tertiary/aromatic N) is 1. The summed E-state index contributed by atoms with van der Waals surface area (Å²) in [4.78, 5) is 12.2. The fourth-order valence-electron chi connectivity index (χ4n) is 1.98. The van der Waals surface area contributed by atoms with Crippen molar-refractivity contribution in [3.63, 3.8) is 0 Å². The number of carbonyl (C=O) groups is 1. The number of amides is 1. The van der Waals surface area contributed by atoms with Crippen LogP contribution in [-0.2, 0) is 0 Å². The van der Waals surface area contributed by atoms with E-state index in [2.05, 4.69) is 5.32 Å². The normalized spacial score (nSPS) is 35.8. The van der Waals surface area contributed by atoms with Crippen molar-refractivity contribution >= 4 is 6.09 Å². The van der Waals surface area contributed by atoms with Crippen molar-refractivity contribution in [2.45, 2.75) is 24.9 Å². The molecule has 0 aromatic carbocycles. The third kappa shape index (κ3) is 1.07. The summed E-state index contributed by atoms with van der Waals surface area (Å²) in [6, 6.07) is 0.821. The van der Waals surface area contributed by atoms with E-state index in [1.807, 2.05) is 0 Å². The van der Waals surface area contributed by atoms with Crippen LogP contribution in [-0.4, -0.2) is 41.3 Å². The fraction of sp³-hybridized carbons (Fsp3) is 0.857. The van der Waals surface area contributed by atoms with Crippen molar-refractivity contribution in [3.8, 4) is 0 Å². The van der Waals surface area contributed by atoms with Crippen LogP contribution >= 0.6 is 0 Å². The molecule has 2 saturated heterocycles. The highest BCUT2D eigenvalue weighted by atomic mass is 16.4. The maximum Gasteiger partial charge on any atom is 0.407 e. The molecule has 0 aromatic heterocycles. The average Bonchev–Trinajstić information content (AvgIpc) is 2.32. The van der Waals surface area contributed by atoms with Crippen LogP contribution in [0.3, 0.4) is 0 Å².